The molecule has 0 radical (unpaired) electrons. The third-order valence-electron chi connectivity index (χ3n) is 4.02. The summed E-state index contributed by atoms with van der Waals surface area (Å²) in [5.74, 6) is 0.385. The fourth-order valence-corrected chi connectivity index (χ4v) is 2.82. The largest absolute Gasteiger partial charge is 0.416 e. The number of carbonyl (C=O) groups excluding carboxylic acids is 1. The van der Waals surface area contributed by atoms with E-state index in [1.165, 1.54) is 18.2 Å². The fourth-order valence-electron chi connectivity index (χ4n) is 2.82. The number of amides is 1. The van der Waals surface area contributed by atoms with Gasteiger partial charge in [0.1, 0.15) is 0 Å². The Balaban J connectivity index is 1.65. The second-order valence-electron chi connectivity index (χ2n) is 5.85. The van der Waals surface area contributed by atoms with Crippen molar-refractivity contribution >= 4 is 17.5 Å². The minimum absolute atomic E-state index is 0.0749. The predicted molar refractivity (Wildman–Crippen MR) is 87.3 cm³/mol. The third-order valence-corrected chi connectivity index (χ3v) is 4.02. The standard InChI is InChI=1S/C17H17F3N4O/c18-17(19,20)13-6-2-1-5-12(13)11-16(25)21-14-7-8-15(23-22-14)24-9-3-4-10-24/h1-2,5-8H,3-4,9-11H2,(H,21,22,25). The van der Waals surface area contributed by atoms with Gasteiger partial charge in [0.25, 0.3) is 0 Å². The summed E-state index contributed by atoms with van der Waals surface area (Å²) in [7, 11) is 0. The Morgan fingerprint density at radius 2 is 1.80 bits per heavy atom. The second-order valence-corrected chi connectivity index (χ2v) is 5.85. The maximum Gasteiger partial charge on any atom is 0.416 e. The Kier molecular flexibility index (Phi) is 4.87. The molecule has 0 atom stereocenters. The Labute approximate surface area is 142 Å². The zero-order valence-corrected chi connectivity index (χ0v) is 13.4. The highest BCUT2D eigenvalue weighted by atomic mass is 19.4. The van der Waals surface area contributed by atoms with E-state index in [0.29, 0.717) is 0 Å². The van der Waals surface area contributed by atoms with Crippen molar-refractivity contribution in [2.75, 3.05) is 23.3 Å². The molecule has 1 aromatic heterocycles. The normalized spacial score (nSPS) is 14.6. The maximum absolute atomic E-state index is 13.0. The molecular weight excluding hydrogens is 333 g/mol. The summed E-state index contributed by atoms with van der Waals surface area (Å²) >= 11 is 0. The van der Waals surface area contributed by atoms with Crippen molar-refractivity contribution < 1.29 is 18.0 Å². The smallest absolute Gasteiger partial charge is 0.355 e. The highest BCUT2D eigenvalue weighted by molar-refractivity contribution is 5.91. The van der Waals surface area contributed by atoms with Crippen LogP contribution >= 0.6 is 0 Å². The molecule has 0 unspecified atom stereocenters. The molecule has 1 N–H and O–H groups in total. The number of alkyl halides is 3. The summed E-state index contributed by atoms with van der Waals surface area (Å²) in [6.45, 7) is 1.85. The summed E-state index contributed by atoms with van der Waals surface area (Å²) in [4.78, 5) is 14.1. The monoisotopic (exact) mass is 350 g/mol. The van der Waals surface area contributed by atoms with Gasteiger partial charge in [0, 0.05) is 13.1 Å². The number of halogens is 3. The number of nitrogens with one attached hydrogen (secondary N) is 1. The zero-order chi connectivity index (χ0) is 17.9. The molecule has 1 aliphatic heterocycles. The van der Waals surface area contributed by atoms with Gasteiger partial charge >= 0.3 is 6.18 Å². The minimum atomic E-state index is -4.49. The number of hydrogen-bond acceptors (Lipinski definition) is 4. The lowest BCUT2D eigenvalue weighted by atomic mass is 10.0. The van der Waals surface area contributed by atoms with E-state index >= 15 is 0 Å². The van der Waals surface area contributed by atoms with Gasteiger partial charge in [0.05, 0.1) is 12.0 Å². The van der Waals surface area contributed by atoms with Crippen LogP contribution in [-0.4, -0.2) is 29.2 Å². The lowest BCUT2D eigenvalue weighted by molar-refractivity contribution is -0.138. The summed E-state index contributed by atoms with van der Waals surface area (Å²) in [6, 6.07) is 8.39. The number of rotatable bonds is 4. The average molecular weight is 350 g/mol. The SMILES string of the molecule is O=C(Cc1ccccc1C(F)(F)F)Nc1ccc(N2CCCC2)nn1. The van der Waals surface area contributed by atoms with Gasteiger partial charge in [-0.05, 0) is 36.6 Å². The first kappa shape index (κ1) is 17.2. The van der Waals surface area contributed by atoms with Gasteiger partial charge in [-0.15, -0.1) is 10.2 Å². The highest BCUT2D eigenvalue weighted by Gasteiger charge is 2.33. The molecular formula is C17H17F3N4O. The highest BCUT2D eigenvalue weighted by Crippen LogP contribution is 2.32. The third kappa shape index (κ3) is 4.26. The first-order chi connectivity index (χ1) is 11.9. The van der Waals surface area contributed by atoms with Gasteiger partial charge < -0.3 is 10.2 Å². The molecule has 0 spiro atoms. The molecule has 8 heteroatoms. The number of aromatic nitrogens is 2. The van der Waals surface area contributed by atoms with Crippen molar-refractivity contribution in [2.24, 2.45) is 0 Å². The van der Waals surface area contributed by atoms with Crippen LogP contribution in [-0.2, 0) is 17.4 Å². The van der Waals surface area contributed by atoms with Crippen molar-refractivity contribution in [3.05, 3.63) is 47.5 Å². The molecule has 1 amide bonds. The molecule has 0 bridgehead atoms. The van der Waals surface area contributed by atoms with E-state index in [4.69, 9.17) is 0 Å². The summed E-state index contributed by atoms with van der Waals surface area (Å²) < 4.78 is 38.9. The summed E-state index contributed by atoms with van der Waals surface area (Å²) in [5.41, 5.74) is -0.880. The number of carbonyl (C=O) groups is 1. The van der Waals surface area contributed by atoms with Gasteiger partial charge in [-0.1, -0.05) is 18.2 Å². The molecule has 2 aromatic rings. The Morgan fingerprint density at radius 3 is 2.44 bits per heavy atom. The molecule has 1 aromatic carbocycles. The van der Waals surface area contributed by atoms with Crippen molar-refractivity contribution in [1.29, 1.82) is 0 Å². The van der Waals surface area contributed by atoms with Gasteiger partial charge in [-0.3, -0.25) is 4.79 Å². The summed E-state index contributed by atoms with van der Waals surface area (Å²) in [5, 5.41) is 10.5. The molecule has 0 aliphatic carbocycles. The fraction of sp³-hybridized carbons (Fsp3) is 0.353. The van der Waals surface area contributed by atoms with Crippen LogP contribution in [0, 0.1) is 0 Å². The summed E-state index contributed by atoms with van der Waals surface area (Å²) in [6.07, 6.45) is -2.66. The van der Waals surface area contributed by atoms with E-state index < -0.39 is 17.6 Å². The number of nitrogens with zero attached hydrogens (tertiary/aromatic N) is 3. The lowest BCUT2D eigenvalue weighted by Crippen LogP contribution is -2.21. The molecule has 1 fully saturated rings. The molecule has 2 heterocycles. The van der Waals surface area contributed by atoms with Gasteiger partial charge in [0.15, 0.2) is 11.6 Å². The molecule has 25 heavy (non-hydrogen) atoms. The van der Waals surface area contributed by atoms with E-state index in [1.807, 2.05) is 0 Å². The Hall–Kier alpha value is -2.64. The molecule has 1 saturated heterocycles. The first-order valence-electron chi connectivity index (χ1n) is 7.97. The number of anilines is 2. The van der Waals surface area contributed by atoms with Crippen molar-refractivity contribution in [3.8, 4) is 0 Å². The molecule has 5 nitrogen and oxygen atoms in total. The van der Waals surface area contributed by atoms with E-state index in [9.17, 15) is 18.0 Å². The van der Waals surface area contributed by atoms with Gasteiger partial charge in [-0.2, -0.15) is 13.2 Å². The van der Waals surface area contributed by atoms with Gasteiger partial charge in [-0.25, -0.2) is 0 Å². The minimum Gasteiger partial charge on any atom is -0.355 e. The van der Waals surface area contributed by atoms with Gasteiger partial charge in [0.2, 0.25) is 5.91 Å². The zero-order valence-electron chi connectivity index (χ0n) is 13.4. The van der Waals surface area contributed by atoms with Crippen molar-refractivity contribution in [2.45, 2.75) is 25.4 Å². The van der Waals surface area contributed by atoms with Crippen LogP contribution in [0.25, 0.3) is 0 Å². The maximum atomic E-state index is 13.0. The molecule has 3 rings (SSSR count). The average Bonchev–Trinajstić information content (AvgIpc) is 3.09. The van der Waals surface area contributed by atoms with Crippen molar-refractivity contribution in [1.82, 2.24) is 10.2 Å². The second kappa shape index (κ2) is 7.08. The van der Waals surface area contributed by atoms with Crippen LogP contribution < -0.4 is 10.2 Å². The Morgan fingerprint density at radius 1 is 1.08 bits per heavy atom. The topological polar surface area (TPSA) is 58.1 Å². The molecule has 1 aliphatic rings. The first-order valence-corrected chi connectivity index (χ1v) is 7.97. The van der Waals surface area contributed by atoms with E-state index in [-0.39, 0.29) is 17.8 Å². The predicted octanol–water partition coefficient (Wildman–Crippen LogP) is 3.28. The van der Waals surface area contributed by atoms with Crippen LogP contribution in [0.2, 0.25) is 0 Å². The van der Waals surface area contributed by atoms with E-state index in [1.54, 1.807) is 12.1 Å². The number of benzene rings is 1. The Bertz CT molecular complexity index is 740. The molecule has 0 saturated carbocycles. The lowest BCUT2D eigenvalue weighted by Gasteiger charge is -2.15. The van der Waals surface area contributed by atoms with Crippen LogP contribution in [0.1, 0.15) is 24.0 Å². The van der Waals surface area contributed by atoms with Crippen LogP contribution in [0.3, 0.4) is 0 Å². The number of hydrogen-bond donors (Lipinski definition) is 1. The quantitative estimate of drug-likeness (QED) is 0.919. The van der Waals surface area contributed by atoms with Crippen LogP contribution in [0.5, 0.6) is 0 Å². The van der Waals surface area contributed by atoms with E-state index in [0.717, 1.165) is 37.8 Å². The molecule has 132 valence electrons. The van der Waals surface area contributed by atoms with Crippen LogP contribution in [0.4, 0.5) is 24.8 Å². The van der Waals surface area contributed by atoms with E-state index in [2.05, 4.69) is 20.4 Å². The van der Waals surface area contributed by atoms with Crippen molar-refractivity contribution in [3.63, 3.8) is 0 Å². The van der Waals surface area contributed by atoms with Crippen LogP contribution in [0.15, 0.2) is 36.4 Å².